The van der Waals surface area contributed by atoms with Gasteiger partial charge in [-0.1, -0.05) is 54.8 Å². The third-order valence-corrected chi connectivity index (χ3v) is 3.06. The molecule has 0 aliphatic rings. The first-order chi connectivity index (χ1) is 8.66. The van der Waals surface area contributed by atoms with E-state index in [1.807, 2.05) is 42.5 Å². The van der Waals surface area contributed by atoms with Crippen LogP contribution in [-0.2, 0) is 6.54 Å². The number of aromatic nitrogens is 2. The van der Waals surface area contributed by atoms with Crippen molar-refractivity contribution in [3.63, 3.8) is 0 Å². The summed E-state index contributed by atoms with van der Waals surface area (Å²) in [7, 11) is 0. The largest absolute Gasteiger partial charge is 0.393 e. The highest BCUT2D eigenvalue weighted by Crippen LogP contribution is 2.15. The summed E-state index contributed by atoms with van der Waals surface area (Å²) in [4.78, 5) is 0.476. The molecule has 2 N–H and O–H groups in total. The van der Waals surface area contributed by atoms with Crippen molar-refractivity contribution in [3.05, 3.63) is 47.1 Å². The zero-order chi connectivity index (χ0) is 13.0. The Morgan fingerprint density at radius 1 is 1.17 bits per heavy atom. The minimum atomic E-state index is 0.476. The number of nitrogens with two attached hydrogens (primary N) is 1. The van der Waals surface area contributed by atoms with Crippen molar-refractivity contribution in [1.82, 2.24) is 9.78 Å². The number of rotatable bonds is 4. The molecular formula is C13H13N3S2. The smallest absolute Gasteiger partial charge is 0.122 e. The molecule has 0 aliphatic carbocycles. The van der Waals surface area contributed by atoms with Gasteiger partial charge in [0.25, 0.3) is 0 Å². The second kappa shape index (κ2) is 5.84. The molecule has 3 nitrogen and oxygen atoms in total. The lowest BCUT2D eigenvalue weighted by atomic mass is 10.1. The standard InChI is InChI=1S/C13H13N3S2/c14-12(17)8-9-16-13(18)7-6-11(15-16)10-4-2-1-3-5-10/h1-7H,8-9H2,(H2,14,17). The number of thiocarbonyl (C=S) groups is 1. The van der Waals surface area contributed by atoms with Gasteiger partial charge >= 0.3 is 0 Å². The molecule has 2 rings (SSSR count). The van der Waals surface area contributed by atoms with Crippen molar-refractivity contribution in [2.24, 2.45) is 5.73 Å². The highest BCUT2D eigenvalue weighted by Gasteiger charge is 2.01. The lowest BCUT2D eigenvalue weighted by molar-refractivity contribution is 0.612. The van der Waals surface area contributed by atoms with Crippen LogP contribution in [0.15, 0.2) is 42.5 Å². The Labute approximate surface area is 116 Å². The molecule has 92 valence electrons. The van der Waals surface area contributed by atoms with Gasteiger partial charge in [-0.25, -0.2) is 0 Å². The Morgan fingerprint density at radius 2 is 1.89 bits per heavy atom. The quantitative estimate of drug-likeness (QED) is 0.871. The van der Waals surface area contributed by atoms with Gasteiger partial charge in [0.15, 0.2) is 0 Å². The van der Waals surface area contributed by atoms with E-state index in [9.17, 15) is 0 Å². The lowest BCUT2D eigenvalue weighted by Crippen LogP contribution is -2.14. The van der Waals surface area contributed by atoms with E-state index in [4.69, 9.17) is 30.2 Å². The van der Waals surface area contributed by atoms with E-state index in [-0.39, 0.29) is 0 Å². The molecule has 0 unspecified atom stereocenters. The molecule has 0 atom stereocenters. The summed E-state index contributed by atoms with van der Waals surface area (Å²) >= 11 is 10.1. The van der Waals surface area contributed by atoms with Gasteiger partial charge in [0, 0.05) is 18.5 Å². The van der Waals surface area contributed by atoms with Crippen LogP contribution in [0, 0.1) is 4.64 Å². The van der Waals surface area contributed by atoms with Crippen molar-refractivity contribution in [3.8, 4) is 11.3 Å². The van der Waals surface area contributed by atoms with E-state index in [0.29, 0.717) is 22.6 Å². The summed E-state index contributed by atoms with van der Waals surface area (Å²) in [5, 5.41) is 4.51. The zero-order valence-electron chi connectivity index (χ0n) is 9.74. The molecule has 1 heterocycles. The fraction of sp³-hybridized carbons (Fsp3) is 0.154. The third kappa shape index (κ3) is 3.21. The van der Waals surface area contributed by atoms with E-state index in [1.165, 1.54) is 0 Å². The maximum absolute atomic E-state index is 5.50. The number of benzene rings is 1. The van der Waals surface area contributed by atoms with Crippen molar-refractivity contribution >= 4 is 29.4 Å². The lowest BCUT2D eigenvalue weighted by Gasteiger charge is -2.07. The van der Waals surface area contributed by atoms with Crippen LogP contribution in [0.3, 0.4) is 0 Å². The van der Waals surface area contributed by atoms with Gasteiger partial charge in [0.2, 0.25) is 0 Å². The van der Waals surface area contributed by atoms with Crippen LogP contribution in [0.25, 0.3) is 11.3 Å². The molecule has 0 fully saturated rings. The Kier molecular flexibility index (Phi) is 4.17. The monoisotopic (exact) mass is 275 g/mol. The second-order valence-electron chi connectivity index (χ2n) is 3.86. The fourth-order valence-corrected chi connectivity index (χ4v) is 1.88. The predicted octanol–water partition coefficient (Wildman–Crippen LogP) is 2.96. The SMILES string of the molecule is NC(=S)CCn1nc(-c2ccccc2)ccc1=S. The molecule has 0 saturated heterocycles. The summed E-state index contributed by atoms with van der Waals surface area (Å²) in [6.45, 7) is 0.620. The molecule has 0 saturated carbocycles. The normalized spacial score (nSPS) is 10.2. The van der Waals surface area contributed by atoms with E-state index in [2.05, 4.69) is 5.10 Å². The summed E-state index contributed by atoms with van der Waals surface area (Å²) in [5.74, 6) is 0. The Morgan fingerprint density at radius 3 is 2.56 bits per heavy atom. The molecule has 1 aromatic heterocycles. The second-order valence-corrected chi connectivity index (χ2v) is 4.80. The molecule has 0 spiro atoms. The van der Waals surface area contributed by atoms with E-state index in [0.717, 1.165) is 11.3 Å². The fourth-order valence-electron chi connectivity index (χ4n) is 1.59. The van der Waals surface area contributed by atoms with Gasteiger partial charge in [0.05, 0.1) is 10.7 Å². The van der Waals surface area contributed by atoms with Crippen molar-refractivity contribution in [2.45, 2.75) is 13.0 Å². The number of aryl methyl sites for hydroxylation is 1. The summed E-state index contributed by atoms with van der Waals surface area (Å²) in [6.07, 6.45) is 0.606. The highest BCUT2D eigenvalue weighted by atomic mass is 32.1. The molecule has 0 amide bonds. The predicted molar refractivity (Wildman–Crippen MR) is 79.9 cm³/mol. The van der Waals surface area contributed by atoms with Crippen molar-refractivity contribution < 1.29 is 0 Å². The molecule has 0 bridgehead atoms. The van der Waals surface area contributed by atoms with Gasteiger partial charge in [-0.3, -0.25) is 4.68 Å². The summed E-state index contributed by atoms with van der Waals surface area (Å²) in [5.41, 5.74) is 7.46. The van der Waals surface area contributed by atoms with E-state index >= 15 is 0 Å². The minimum absolute atomic E-state index is 0.476. The first-order valence-corrected chi connectivity index (χ1v) is 6.40. The van der Waals surface area contributed by atoms with Crippen LogP contribution in [0.5, 0.6) is 0 Å². The molecule has 1 aromatic carbocycles. The van der Waals surface area contributed by atoms with E-state index < -0.39 is 0 Å². The molecule has 0 aliphatic heterocycles. The topological polar surface area (TPSA) is 43.8 Å². The first-order valence-electron chi connectivity index (χ1n) is 5.59. The average Bonchev–Trinajstić information content (AvgIpc) is 2.38. The Hall–Kier alpha value is -1.59. The third-order valence-electron chi connectivity index (χ3n) is 2.51. The molecule has 5 heteroatoms. The summed E-state index contributed by atoms with van der Waals surface area (Å²) in [6, 6.07) is 13.8. The van der Waals surface area contributed by atoms with Crippen LogP contribution >= 0.6 is 24.4 Å². The van der Waals surface area contributed by atoms with Crippen LogP contribution in [0.1, 0.15) is 6.42 Å². The summed E-state index contributed by atoms with van der Waals surface area (Å²) < 4.78 is 2.45. The zero-order valence-corrected chi connectivity index (χ0v) is 11.4. The van der Waals surface area contributed by atoms with Crippen LogP contribution in [0.2, 0.25) is 0 Å². The van der Waals surface area contributed by atoms with E-state index in [1.54, 1.807) is 4.68 Å². The first kappa shape index (κ1) is 12.9. The van der Waals surface area contributed by atoms with Gasteiger partial charge in [-0.2, -0.15) is 5.10 Å². The van der Waals surface area contributed by atoms with Crippen LogP contribution in [0.4, 0.5) is 0 Å². The van der Waals surface area contributed by atoms with Gasteiger partial charge in [-0.05, 0) is 12.1 Å². The Bertz CT molecular complexity index is 605. The number of nitrogens with zero attached hydrogens (tertiary/aromatic N) is 2. The van der Waals surface area contributed by atoms with Gasteiger partial charge in [0.1, 0.15) is 4.64 Å². The van der Waals surface area contributed by atoms with Crippen molar-refractivity contribution in [2.75, 3.05) is 0 Å². The Balaban J connectivity index is 2.32. The number of hydrogen-bond donors (Lipinski definition) is 1. The number of hydrogen-bond acceptors (Lipinski definition) is 3. The maximum atomic E-state index is 5.50. The molecule has 18 heavy (non-hydrogen) atoms. The average molecular weight is 275 g/mol. The maximum Gasteiger partial charge on any atom is 0.122 e. The molecular weight excluding hydrogens is 262 g/mol. The van der Waals surface area contributed by atoms with Crippen molar-refractivity contribution in [1.29, 1.82) is 0 Å². The molecule has 0 radical (unpaired) electrons. The van der Waals surface area contributed by atoms with Gasteiger partial charge < -0.3 is 5.73 Å². The van der Waals surface area contributed by atoms with Crippen LogP contribution < -0.4 is 5.73 Å². The highest BCUT2D eigenvalue weighted by molar-refractivity contribution is 7.80. The van der Waals surface area contributed by atoms with Crippen LogP contribution in [-0.4, -0.2) is 14.8 Å². The van der Waals surface area contributed by atoms with Gasteiger partial charge in [-0.15, -0.1) is 0 Å². The molecule has 2 aromatic rings. The minimum Gasteiger partial charge on any atom is -0.393 e.